The van der Waals surface area contributed by atoms with Gasteiger partial charge >= 0.3 is 0 Å². The molecule has 0 saturated heterocycles. The fourth-order valence-electron chi connectivity index (χ4n) is 2.11. The summed E-state index contributed by atoms with van der Waals surface area (Å²) >= 11 is 3.65. The van der Waals surface area contributed by atoms with Crippen LogP contribution in [0.25, 0.3) is 0 Å². The maximum Gasteiger partial charge on any atom is 0.143 e. The topological polar surface area (TPSA) is 16.1 Å². The normalized spacial score (nSPS) is 19.9. The van der Waals surface area contributed by atoms with Crippen LogP contribution in [0, 0.1) is 12.8 Å². The minimum atomic E-state index is 0.757. The molecule has 0 aliphatic heterocycles. The highest BCUT2D eigenvalue weighted by atomic mass is 79.9. The summed E-state index contributed by atoms with van der Waals surface area (Å²) in [6, 6.07) is 2.93. The Hall–Kier alpha value is -0.570. The fraction of sp³-hybridized carbons (Fsp3) is 0.615. The van der Waals surface area contributed by atoms with Gasteiger partial charge in [-0.25, -0.2) is 4.98 Å². The van der Waals surface area contributed by atoms with Crippen molar-refractivity contribution >= 4 is 21.7 Å². The Morgan fingerprint density at radius 2 is 2.12 bits per heavy atom. The second kappa shape index (κ2) is 4.02. The van der Waals surface area contributed by atoms with E-state index in [0.717, 1.165) is 22.3 Å². The second-order valence-electron chi connectivity index (χ2n) is 5.15. The summed E-state index contributed by atoms with van der Waals surface area (Å²) in [5.74, 6) is 2.08. The smallest absolute Gasteiger partial charge is 0.143 e. The molecule has 0 aromatic carbocycles. The predicted molar refractivity (Wildman–Crippen MR) is 69.8 cm³/mol. The summed E-state index contributed by atoms with van der Waals surface area (Å²) in [6.45, 7) is 3.29. The first-order valence-corrected chi connectivity index (χ1v) is 6.92. The fourth-order valence-corrected chi connectivity index (χ4v) is 2.80. The van der Waals surface area contributed by atoms with Crippen LogP contribution >= 0.6 is 15.9 Å². The molecule has 0 amide bonds. The third kappa shape index (κ3) is 2.24. The highest BCUT2D eigenvalue weighted by molar-refractivity contribution is 9.10. The third-order valence-corrected chi connectivity index (χ3v) is 3.95. The summed E-state index contributed by atoms with van der Waals surface area (Å²) in [4.78, 5) is 7.11. The molecule has 0 atom stereocenters. The first-order chi connectivity index (χ1) is 7.74. The van der Waals surface area contributed by atoms with E-state index in [2.05, 4.69) is 38.8 Å². The van der Waals surface area contributed by atoms with Crippen molar-refractivity contribution in [3.63, 3.8) is 0 Å². The number of anilines is 1. The number of pyridine rings is 1. The highest BCUT2D eigenvalue weighted by Crippen LogP contribution is 2.39. The molecule has 2 aliphatic carbocycles. The van der Waals surface area contributed by atoms with Gasteiger partial charge in [0.15, 0.2) is 0 Å². The lowest BCUT2D eigenvalue weighted by Crippen LogP contribution is -2.29. The lowest BCUT2D eigenvalue weighted by atomic mass is 10.3. The largest absolute Gasteiger partial charge is 0.352 e. The summed E-state index contributed by atoms with van der Waals surface area (Å²) in [7, 11) is 0. The van der Waals surface area contributed by atoms with Gasteiger partial charge in [0.05, 0.1) is 4.47 Å². The van der Waals surface area contributed by atoms with E-state index in [-0.39, 0.29) is 0 Å². The van der Waals surface area contributed by atoms with Gasteiger partial charge in [0.25, 0.3) is 0 Å². The minimum absolute atomic E-state index is 0.757. The van der Waals surface area contributed by atoms with Crippen LogP contribution in [-0.4, -0.2) is 17.6 Å². The van der Waals surface area contributed by atoms with E-state index in [1.165, 1.54) is 37.8 Å². The van der Waals surface area contributed by atoms with Crippen molar-refractivity contribution in [2.24, 2.45) is 5.92 Å². The molecule has 16 heavy (non-hydrogen) atoms. The van der Waals surface area contributed by atoms with Gasteiger partial charge in [-0.2, -0.15) is 0 Å². The van der Waals surface area contributed by atoms with E-state index in [1.54, 1.807) is 0 Å². The van der Waals surface area contributed by atoms with Crippen LogP contribution in [0.4, 0.5) is 5.82 Å². The molecular weight excluding hydrogens is 264 g/mol. The van der Waals surface area contributed by atoms with Gasteiger partial charge in [-0.15, -0.1) is 0 Å². The average Bonchev–Trinajstić information content (AvgIpc) is 3.11. The number of hydrogen-bond donors (Lipinski definition) is 0. The quantitative estimate of drug-likeness (QED) is 0.839. The zero-order chi connectivity index (χ0) is 11.1. The van der Waals surface area contributed by atoms with Crippen LogP contribution in [-0.2, 0) is 0 Å². The Kier molecular flexibility index (Phi) is 2.66. The Morgan fingerprint density at radius 1 is 1.38 bits per heavy atom. The molecule has 3 heteroatoms. The van der Waals surface area contributed by atoms with Gasteiger partial charge in [-0.3, -0.25) is 0 Å². The standard InChI is InChI=1S/C13H17BrN2/c1-9-6-12(14)13(15-7-9)16(11-4-5-11)8-10-2-3-10/h6-7,10-11H,2-5,8H2,1H3. The minimum Gasteiger partial charge on any atom is -0.352 e. The second-order valence-corrected chi connectivity index (χ2v) is 6.00. The molecule has 86 valence electrons. The van der Waals surface area contributed by atoms with Gasteiger partial charge in [0, 0.05) is 18.8 Å². The molecule has 1 heterocycles. The van der Waals surface area contributed by atoms with Crippen LogP contribution in [0.15, 0.2) is 16.7 Å². The SMILES string of the molecule is Cc1cnc(N(CC2CC2)C2CC2)c(Br)c1. The molecule has 0 N–H and O–H groups in total. The molecule has 3 rings (SSSR count). The van der Waals surface area contributed by atoms with Crippen molar-refractivity contribution in [1.29, 1.82) is 0 Å². The van der Waals surface area contributed by atoms with Crippen molar-refractivity contribution in [3.8, 4) is 0 Å². The van der Waals surface area contributed by atoms with Gasteiger partial charge in [0.2, 0.25) is 0 Å². The van der Waals surface area contributed by atoms with Gasteiger partial charge < -0.3 is 4.90 Å². The van der Waals surface area contributed by atoms with Gasteiger partial charge in [0.1, 0.15) is 5.82 Å². The van der Waals surface area contributed by atoms with Crippen LogP contribution in [0.5, 0.6) is 0 Å². The molecule has 0 bridgehead atoms. The highest BCUT2D eigenvalue weighted by Gasteiger charge is 2.35. The van der Waals surface area contributed by atoms with E-state index < -0.39 is 0 Å². The van der Waals surface area contributed by atoms with Gasteiger partial charge in [-0.1, -0.05) is 0 Å². The number of aromatic nitrogens is 1. The first-order valence-electron chi connectivity index (χ1n) is 6.13. The van der Waals surface area contributed by atoms with Crippen molar-refractivity contribution in [3.05, 3.63) is 22.3 Å². The Balaban J connectivity index is 1.85. The lowest BCUT2D eigenvalue weighted by Gasteiger charge is -2.24. The van der Waals surface area contributed by atoms with Crippen LogP contribution < -0.4 is 4.90 Å². The molecular formula is C13H17BrN2. The monoisotopic (exact) mass is 280 g/mol. The molecule has 2 fully saturated rings. The van der Waals surface area contributed by atoms with Crippen LogP contribution in [0.3, 0.4) is 0 Å². The van der Waals surface area contributed by atoms with E-state index in [4.69, 9.17) is 0 Å². The third-order valence-electron chi connectivity index (χ3n) is 3.37. The van der Waals surface area contributed by atoms with Gasteiger partial charge in [-0.05, 0) is 66.1 Å². The number of nitrogens with zero attached hydrogens (tertiary/aromatic N) is 2. The maximum atomic E-state index is 4.60. The maximum absolute atomic E-state index is 4.60. The Bertz CT molecular complexity index is 397. The number of hydrogen-bond acceptors (Lipinski definition) is 2. The van der Waals surface area contributed by atoms with Crippen molar-refractivity contribution in [2.45, 2.75) is 38.6 Å². The van der Waals surface area contributed by atoms with Crippen molar-refractivity contribution in [2.75, 3.05) is 11.4 Å². The summed E-state index contributed by atoms with van der Waals surface area (Å²) in [6.07, 6.45) is 7.48. The first kappa shape index (κ1) is 10.6. The lowest BCUT2D eigenvalue weighted by molar-refractivity contribution is 0.707. The van der Waals surface area contributed by atoms with Crippen molar-refractivity contribution in [1.82, 2.24) is 4.98 Å². The zero-order valence-electron chi connectivity index (χ0n) is 9.62. The number of rotatable bonds is 4. The van der Waals surface area contributed by atoms with Crippen LogP contribution in [0.2, 0.25) is 0 Å². The van der Waals surface area contributed by atoms with E-state index in [0.29, 0.717) is 0 Å². The van der Waals surface area contributed by atoms with Crippen molar-refractivity contribution < 1.29 is 0 Å². The van der Waals surface area contributed by atoms with E-state index in [1.807, 2.05) is 6.20 Å². The van der Waals surface area contributed by atoms with Crippen LogP contribution in [0.1, 0.15) is 31.2 Å². The summed E-state index contributed by atoms with van der Waals surface area (Å²) in [5.41, 5.74) is 1.22. The predicted octanol–water partition coefficient (Wildman–Crippen LogP) is 3.53. The van der Waals surface area contributed by atoms with E-state index in [9.17, 15) is 0 Å². The number of halogens is 1. The molecule has 1 aromatic rings. The molecule has 0 spiro atoms. The summed E-state index contributed by atoms with van der Waals surface area (Å²) < 4.78 is 1.15. The molecule has 2 saturated carbocycles. The number of aryl methyl sites for hydroxylation is 1. The molecule has 1 aromatic heterocycles. The molecule has 2 aliphatic rings. The summed E-state index contributed by atoms with van der Waals surface area (Å²) in [5, 5.41) is 0. The molecule has 0 unspecified atom stereocenters. The Labute approximate surface area is 105 Å². The average molecular weight is 281 g/mol. The molecule has 2 nitrogen and oxygen atoms in total. The van der Waals surface area contributed by atoms with E-state index >= 15 is 0 Å². The molecule has 0 radical (unpaired) electrons. The Morgan fingerprint density at radius 3 is 2.69 bits per heavy atom. The zero-order valence-corrected chi connectivity index (χ0v) is 11.2.